The van der Waals surface area contributed by atoms with Crippen LogP contribution in [0.3, 0.4) is 0 Å². The first-order valence-corrected chi connectivity index (χ1v) is 8.01. The number of rotatable bonds is 5. The maximum atomic E-state index is 5.56. The smallest absolute Gasteiger partial charge is 0.193 e. The largest absolute Gasteiger partial charge is 0.379 e. The van der Waals surface area contributed by atoms with Crippen LogP contribution in [0.2, 0.25) is 0 Å². The van der Waals surface area contributed by atoms with Gasteiger partial charge in [0.2, 0.25) is 0 Å². The van der Waals surface area contributed by atoms with Crippen molar-refractivity contribution in [2.45, 2.75) is 40.3 Å². The van der Waals surface area contributed by atoms with Gasteiger partial charge < -0.3 is 15.0 Å². The molecule has 1 N–H and O–H groups in total. The molecule has 0 fully saturated rings. The number of guanidine groups is 1. The third kappa shape index (κ3) is 6.78. The van der Waals surface area contributed by atoms with Crippen LogP contribution in [0.1, 0.15) is 31.5 Å². The molecule has 1 rings (SSSR count). The van der Waals surface area contributed by atoms with E-state index in [1.165, 1.54) is 0 Å². The molecule has 0 aliphatic heterocycles. The zero-order valence-electron chi connectivity index (χ0n) is 14.6. The SMILES string of the molecule is CN=C(NCC(OC)C(C)(C)C)N(C)Cc1csc(C)n1.I. The van der Waals surface area contributed by atoms with Gasteiger partial charge in [0.1, 0.15) is 0 Å². The van der Waals surface area contributed by atoms with Crippen LogP contribution in [0.5, 0.6) is 0 Å². The lowest BCUT2D eigenvalue weighted by Gasteiger charge is -2.31. The molecule has 1 unspecified atom stereocenters. The standard InChI is InChI=1S/C15H28N4OS.HI/c1-11-18-12(10-21-11)9-19(6)14(16-5)17-8-13(20-7)15(2,3)4;/h10,13H,8-9H2,1-7H3,(H,16,17);1H. The van der Waals surface area contributed by atoms with Gasteiger partial charge in [-0.1, -0.05) is 20.8 Å². The van der Waals surface area contributed by atoms with E-state index in [2.05, 4.69) is 46.3 Å². The fraction of sp³-hybridized carbons (Fsp3) is 0.733. The number of ether oxygens (including phenoxy) is 1. The summed E-state index contributed by atoms with van der Waals surface area (Å²) in [4.78, 5) is 10.9. The number of halogens is 1. The van der Waals surface area contributed by atoms with Crippen molar-refractivity contribution in [1.29, 1.82) is 0 Å². The van der Waals surface area contributed by atoms with E-state index in [1.54, 1.807) is 25.5 Å². The maximum Gasteiger partial charge on any atom is 0.193 e. The van der Waals surface area contributed by atoms with Gasteiger partial charge in [-0.3, -0.25) is 4.99 Å². The number of aromatic nitrogens is 1. The normalized spacial score (nSPS) is 13.5. The van der Waals surface area contributed by atoms with Crippen molar-refractivity contribution in [1.82, 2.24) is 15.2 Å². The first-order valence-electron chi connectivity index (χ1n) is 7.13. The van der Waals surface area contributed by atoms with Gasteiger partial charge in [0.25, 0.3) is 0 Å². The van der Waals surface area contributed by atoms with E-state index >= 15 is 0 Å². The summed E-state index contributed by atoms with van der Waals surface area (Å²) < 4.78 is 5.56. The van der Waals surface area contributed by atoms with E-state index in [0.717, 1.165) is 29.8 Å². The van der Waals surface area contributed by atoms with Crippen LogP contribution in [0.15, 0.2) is 10.4 Å². The lowest BCUT2D eigenvalue weighted by Crippen LogP contribution is -2.45. The van der Waals surface area contributed by atoms with Crippen molar-refractivity contribution in [3.05, 3.63) is 16.1 Å². The molecule has 0 amide bonds. The van der Waals surface area contributed by atoms with Crippen molar-refractivity contribution in [2.75, 3.05) is 27.7 Å². The van der Waals surface area contributed by atoms with Crippen molar-refractivity contribution in [3.63, 3.8) is 0 Å². The van der Waals surface area contributed by atoms with E-state index in [-0.39, 0.29) is 35.5 Å². The molecular weight excluding hydrogens is 411 g/mol. The number of aliphatic imine (C=N–C) groups is 1. The molecule has 22 heavy (non-hydrogen) atoms. The summed E-state index contributed by atoms with van der Waals surface area (Å²) in [5.41, 5.74) is 1.16. The minimum absolute atomic E-state index is 0. The minimum Gasteiger partial charge on any atom is -0.379 e. The Balaban J connectivity index is 0.00000441. The Morgan fingerprint density at radius 3 is 2.55 bits per heavy atom. The van der Waals surface area contributed by atoms with Crippen LogP contribution in [0, 0.1) is 12.3 Å². The zero-order chi connectivity index (χ0) is 16.0. The molecule has 1 atom stereocenters. The number of hydrogen-bond acceptors (Lipinski definition) is 4. The van der Waals surface area contributed by atoms with E-state index in [1.807, 2.05) is 14.0 Å². The van der Waals surface area contributed by atoms with Crippen LogP contribution in [-0.4, -0.2) is 49.7 Å². The summed E-state index contributed by atoms with van der Waals surface area (Å²) in [6.45, 7) is 10.0. The Kier molecular flexibility index (Phi) is 9.49. The van der Waals surface area contributed by atoms with Gasteiger partial charge in [-0.05, 0) is 12.3 Å². The van der Waals surface area contributed by atoms with Crippen molar-refractivity contribution >= 4 is 41.3 Å². The quantitative estimate of drug-likeness (QED) is 0.434. The van der Waals surface area contributed by atoms with Gasteiger partial charge in [-0.25, -0.2) is 4.98 Å². The van der Waals surface area contributed by atoms with Crippen LogP contribution in [-0.2, 0) is 11.3 Å². The Morgan fingerprint density at radius 2 is 2.14 bits per heavy atom. The van der Waals surface area contributed by atoms with Crippen LogP contribution >= 0.6 is 35.3 Å². The summed E-state index contributed by atoms with van der Waals surface area (Å²) in [5.74, 6) is 0.854. The molecule has 0 spiro atoms. The number of thiazole rings is 1. The maximum absolute atomic E-state index is 5.56. The molecule has 1 aromatic heterocycles. The molecule has 128 valence electrons. The molecule has 0 saturated carbocycles. The second kappa shape index (κ2) is 9.67. The number of nitrogens with zero attached hydrogens (tertiary/aromatic N) is 3. The number of hydrogen-bond donors (Lipinski definition) is 1. The van der Waals surface area contributed by atoms with Crippen molar-refractivity contribution in [3.8, 4) is 0 Å². The van der Waals surface area contributed by atoms with Gasteiger partial charge in [-0.15, -0.1) is 35.3 Å². The van der Waals surface area contributed by atoms with Crippen LogP contribution in [0.4, 0.5) is 0 Å². The highest BCUT2D eigenvalue weighted by molar-refractivity contribution is 14.0. The third-order valence-corrected chi connectivity index (χ3v) is 4.16. The molecule has 1 aromatic rings. The highest BCUT2D eigenvalue weighted by Crippen LogP contribution is 2.21. The Bertz CT molecular complexity index is 470. The predicted octanol–water partition coefficient (Wildman–Crippen LogP) is 3.14. The van der Waals surface area contributed by atoms with Gasteiger partial charge in [0.05, 0.1) is 23.4 Å². The summed E-state index contributed by atoms with van der Waals surface area (Å²) >= 11 is 1.67. The molecule has 0 aliphatic rings. The molecule has 0 aliphatic carbocycles. The minimum atomic E-state index is 0. The number of aryl methyl sites for hydroxylation is 1. The molecular formula is C15H29IN4OS. The van der Waals surface area contributed by atoms with Gasteiger partial charge in [-0.2, -0.15) is 0 Å². The van der Waals surface area contributed by atoms with Crippen molar-refractivity contribution < 1.29 is 4.74 Å². The second-order valence-corrected chi connectivity index (χ2v) is 7.29. The monoisotopic (exact) mass is 440 g/mol. The van der Waals surface area contributed by atoms with Crippen molar-refractivity contribution in [2.24, 2.45) is 10.4 Å². The summed E-state index contributed by atoms with van der Waals surface area (Å²) in [6, 6.07) is 0. The molecule has 0 aromatic carbocycles. The van der Waals surface area contributed by atoms with E-state index in [4.69, 9.17) is 4.74 Å². The molecule has 0 saturated heterocycles. The Labute approximate surface area is 155 Å². The zero-order valence-corrected chi connectivity index (χ0v) is 17.8. The lowest BCUT2D eigenvalue weighted by atomic mass is 9.89. The molecule has 0 radical (unpaired) electrons. The average Bonchev–Trinajstić information content (AvgIpc) is 2.78. The van der Waals surface area contributed by atoms with E-state index in [9.17, 15) is 0 Å². The molecule has 5 nitrogen and oxygen atoms in total. The first kappa shape index (κ1) is 21.6. The first-order chi connectivity index (χ1) is 9.77. The molecule has 7 heteroatoms. The summed E-state index contributed by atoms with van der Waals surface area (Å²) in [6.07, 6.45) is 0.129. The van der Waals surface area contributed by atoms with Gasteiger partial charge in [0, 0.05) is 33.1 Å². The predicted molar refractivity (Wildman–Crippen MR) is 105 cm³/mol. The topological polar surface area (TPSA) is 49.8 Å². The Hall–Kier alpha value is -0.410. The van der Waals surface area contributed by atoms with E-state index in [0.29, 0.717) is 0 Å². The highest BCUT2D eigenvalue weighted by Gasteiger charge is 2.24. The number of methoxy groups -OCH3 is 1. The average molecular weight is 440 g/mol. The fourth-order valence-electron chi connectivity index (χ4n) is 2.11. The second-order valence-electron chi connectivity index (χ2n) is 6.23. The third-order valence-electron chi connectivity index (χ3n) is 3.34. The summed E-state index contributed by atoms with van der Waals surface area (Å²) in [7, 11) is 5.56. The van der Waals surface area contributed by atoms with Crippen LogP contribution in [0.25, 0.3) is 0 Å². The van der Waals surface area contributed by atoms with E-state index < -0.39 is 0 Å². The Morgan fingerprint density at radius 1 is 1.50 bits per heavy atom. The van der Waals surface area contributed by atoms with Gasteiger partial charge in [0.15, 0.2) is 5.96 Å². The molecule has 1 heterocycles. The highest BCUT2D eigenvalue weighted by atomic mass is 127. The molecule has 0 bridgehead atoms. The number of nitrogens with one attached hydrogen (secondary N) is 1. The lowest BCUT2D eigenvalue weighted by molar-refractivity contribution is 0.0202. The fourth-order valence-corrected chi connectivity index (χ4v) is 2.71. The van der Waals surface area contributed by atoms with Crippen LogP contribution < -0.4 is 5.32 Å². The summed E-state index contributed by atoms with van der Waals surface area (Å²) in [5, 5.41) is 6.56. The van der Waals surface area contributed by atoms with Gasteiger partial charge >= 0.3 is 0 Å².